The van der Waals surface area contributed by atoms with Gasteiger partial charge in [-0.1, -0.05) is 74.0 Å². The van der Waals surface area contributed by atoms with Crippen LogP contribution in [0.3, 0.4) is 0 Å². The number of carbonyl (C=O) groups excluding carboxylic acids is 3. The first kappa shape index (κ1) is 27.7. The number of likely N-dealkylation sites (tertiary alicyclic amines) is 1. The number of nitrogens with zero attached hydrogens (tertiary/aromatic N) is 1. The zero-order valence-electron chi connectivity index (χ0n) is 22.8. The number of rotatable bonds is 11. The van der Waals surface area contributed by atoms with Crippen molar-refractivity contribution in [2.75, 3.05) is 13.2 Å². The van der Waals surface area contributed by atoms with E-state index in [0.29, 0.717) is 25.9 Å². The Labute approximate surface area is 235 Å². The van der Waals surface area contributed by atoms with E-state index in [-0.39, 0.29) is 24.3 Å². The maximum absolute atomic E-state index is 14.4. The van der Waals surface area contributed by atoms with Crippen LogP contribution in [0, 0.1) is 11.8 Å². The van der Waals surface area contributed by atoms with E-state index in [2.05, 4.69) is 24.5 Å². The summed E-state index contributed by atoms with van der Waals surface area (Å²) in [5, 5.41) is 16.7. The lowest BCUT2D eigenvalue weighted by Gasteiger charge is -2.37. The minimum absolute atomic E-state index is 0.135. The topological polar surface area (TPSA) is 98.7 Å². The molecule has 5 rings (SSSR count). The minimum atomic E-state index is -0.730. The van der Waals surface area contributed by atoms with Crippen molar-refractivity contribution in [3.05, 3.63) is 71.8 Å². The van der Waals surface area contributed by atoms with Crippen molar-refractivity contribution in [1.29, 1.82) is 0 Å². The number of fused-ring (bicyclic) bond motifs is 1. The van der Waals surface area contributed by atoms with Crippen LogP contribution in [0.5, 0.6) is 0 Å². The van der Waals surface area contributed by atoms with Crippen LogP contribution in [-0.4, -0.2) is 62.5 Å². The number of amides is 3. The van der Waals surface area contributed by atoms with E-state index in [1.165, 1.54) is 0 Å². The highest BCUT2D eigenvalue weighted by atomic mass is 32.2. The average molecular weight is 550 g/mol. The van der Waals surface area contributed by atoms with Crippen LogP contribution in [0.25, 0.3) is 0 Å². The first-order valence-corrected chi connectivity index (χ1v) is 14.9. The smallest absolute Gasteiger partial charge is 0.244 e. The van der Waals surface area contributed by atoms with Gasteiger partial charge in [-0.2, -0.15) is 0 Å². The zero-order valence-corrected chi connectivity index (χ0v) is 23.6. The second-order valence-electron chi connectivity index (χ2n) is 11.3. The van der Waals surface area contributed by atoms with E-state index < -0.39 is 33.4 Å². The summed E-state index contributed by atoms with van der Waals surface area (Å²) in [5.74, 6) is -1.64. The Morgan fingerprint density at radius 3 is 2.33 bits per heavy atom. The molecule has 8 heteroatoms. The number of nitrogens with one attached hydrogen (secondary N) is 2. The van der Waals surface area contributed by atoms with E-state index in [9.17, 15) is 19.5 Å². The Kier molecular flexibility index (Phi) is 8.06. The van der Waals surface area contributed by atoms with Gasteiger partial charge >= 0.3 is 0 Å². The van der Waals surface area contributed by atoms with E-state index in [4.69, 9.17) is 0 Å². The molecule has 3 aliphatic heterocycles. The number of carbonyl (C=O) groups is 3. The average Bonchev–Trinajstić information content (AvgIpc) is 3.52. The van der Waals surface area contributed by atoms with E-state index in [0.717, 1.165) is 30.4 Å². The summed E-state index contributed by atoms with van der Waals surface area (Å²) in [6.07, 6.45) is 3.70. The molecule has 0 aliphatic carbocycles. The fourth-order valence-corrected chi connectivity index (χ4v) is 9.32. The lowest BCUT2D eigenvalue weighted by atomic mass is 9.66. The summed E-state index contributed by atoms with van der Waals surface area (Å²) in [6, 6.07) is 18.2. The first-order chi connectivity index (χ1) is 18.8. The van der Waals surface area contributed by atoms with Crippen molar-refractivity contribution in [2.45, 2.75) is 74.1 Å². The molecule has 7 nitrogen and oxygen atoms in total. The van der Waals surface area contributed by atoms with Crippen molar-refractivity contribution < 1.29 is 19.5 Å². The monoisotopic (exact) mass is 549 g/mol. The standard InChI is InChI=1S/C31H39N3O4S/c1-3-4-17-32-28(37)26-31-16-15-30(2,39-31)24(27(36)33-19-22-13-9-6-10-14-22)25(31)29(38)34(26)23(20-35)18-21-11-7-5-8-12-21/h5-14,23-26,35H,3-4,15-20H2,1-2H3,(H,32,37)(H,33,36)/t23-,24-,25+,26?,30+,31?/m1/s1. The second-order valence-corrected chi connectivity index (χ2v) is 13.2. The van der Waals surface area contributed by atoms with Gasteiger partial charge in [0.1, 0.15) is 6.04 Å². The maximum Gasteiger partial charge on any atom is 0.244 e. The Morgan fingerprint density at radius 1 is 1.03 bits per heavy atom. The van der Waals surface area contributed by atoms with Gasteiger partial charge in [-0.25, -0.2) is 0 Å². The summed E-state index contributed by atoms with van der Waals surface area (Å²) in [5.41, 5.74) is 1.99. The third-order valence-corrected chi connectivity index (χ3v) is 10.8. The molecule has 2 unspecified atom stereocenters. The van der Waals surface area contributed by atoms with Crippen LogP contribution < -0.4 is 10.6 Å². The highest BCUT2D eigenvalue weighted by Crippen LogP contribution is 2.71. The number of aliphatic hydroxyl groups is 1. The quantitative estimate of drug-likeness (QED) is 0.374. The molecule has 2 aromatic rings. The van der Waals surface area contributed by atoms with Crippen LogP contribution in [0.4, 0.5) is 0 Å². The van der Waals surface area contributed by atoms with Crippen LogP contribution in [0.1, 0.15) is 50.7 Å². The van der Waals surface area contributed by atoms with E-state index in [1.54, 1.807) is 16.7 Å². The third-order valence-electron chi connectivity index (χ3n) is 8.80. The van der Waals surface area contributed by atoms with Gasteiger partial charge in [0.05, 0.1) is 29.2 Å². The minimum Gasteiger partial charge on any atom is -0.394 e. The third kappa shape index (κ3) is 4.97. The Hall–Kier alpha value is -2.84. The molecule has 0 aromatic heterocycles. The number of thioether (sulfide) groups is 1. The summed E-state index contributed by atoms with van der Waals surface area (Å²) >= 11 is 1.66. The Balaban J connectivity index is 1.48. The predicted octanol–water partition coefficient (Wildman–Crippen LogP) is 3.30. The second kappa shape index (κ2) is 11.3. The largest absolute Gasteiger partial charge is 0.394 e. The molecule has 6 atom stereocenters. The van der Waals surface area contributed by atoms with Gasteiger partial charge in [0.15, 0.2) is 0 Å². The molecule has 2 aromatic carbocycles. The number of unbranched alkanes of at least 4 members (excludes halogenated alkanes) is 1. The van der Waals surface area contributed by atoms with Gasteiger partial charge in [-0.15, -0.1) is 11.8 Å². The van der Waals surface area contributed by atoms with Crippen molar-refractivity contribution >= 4 is 29.5 Å². The van der Waals surface area contributed by atoms with Crippen molar-refractivity contribution in [3.63, 3.8) is 0 Å². The highest BCUT2D eigenvalue weighted by Gasteiger charge is 2.77. The molecule has 3 amide bonds. The van der Waals surface area contributed by atoms with Gasteiger partial charge in [0.25, 0.3) is 0 Å². The van der Waals surface area contributed by atoms with Gasteiger partial charge in [-0.3, -0.25) is 14.4 Å². The fraction of sp³-hybridized carbons (Fsp3) is 0.516. The fourth-order valence-electron chi connectivity index (χ4n) is 6.97. The lowest BCUT2D eigenvalue weighted by molar-refractivity contribution is -0.143. The van der Waals surface area contributed by atoms with E-state index >= 15 is 0 Å². The maximum atomic E-state index is 14.4. The normalized spacial score (nSPS) is 29.8. The van der Waals surface area contributed by atoms with Crippen molar-refractivity contribution in [2.24, 2.45) is 11.8 Å². The van der Waals surface area contributed by atoms with Gasteiger partial charge in [-0.05, 0) is 43.7 Å². The van der Waals surface area contributed by atoms with Gasteiger partial charge < -0.3 is 20.6 Å². The Bertz CT molecular complexity index is 1190. The summed E-state index contributed by atoms with van der Waals surface area (Å²) in [7, 11) is 0. The molecule has 3 aliphatic rings. The number of aliphatic hydroxyl groups excluding tert-OH is 1. The highest BCUT2D eigenvalue weighted by molar-refractivity contribution is 8.02. The molecule has 3 heterocycles. The molecule has 0 radical (unpaired) electrons. The summed E-state index contributed by atoms with van der Waals surface area (Å²) in [6.45, 7) is 4.83. The summed E-state index contributed by atoms with van der Waals surface area (Å²) in [4.78, 5) is 43.7. The first-order valence-electron chi connectivity index (χ1n) is 14.1. The lowest BCUT2D eigenvalue weighted by Crippen LogP contribution is -2.57. The van der Waals surface area contributed by atoms with E-state index in [1.807, 2.05) is 60.7 Å². The molecule has 3 N–H and O–H groups in total. The van der Waals surface area contributed by atoms with Crippen molar-refractivity contribution in [3.8, 4) is 0 Å². The molecular weight excluding hydrogens is 510 g/mol. The number of benzene rings is 2. The zero-order chi connectivity index (χ0) is 27.6. The number of hydrogen-bond donors (Lipinski definition) is 3. The molecule has 208 valence electrons. The van der Waals surface area contributed by atoms with Crippen LogP contribution in [0.15, 0.2) is 60.7 Å². The predicted molar refractivity (Wildman–Crippen MR) is 153 cm³/mol. The van der Waals surface area contributed by atoms with Gasteiger partial charge in [0, 0.05) is 17.8 Å². The Morgan fingerprint density at radius 2 is 1.69 bits per heavy atom. The van der Waals surface area contributed by atoms with Gasteiger partial charge in [0.2, 0.25) is 17.7 Å². The molecule has 39 heavy (non-hydrogen) atoms. The molecule has 2 bridgehead atoms. The molecular formula is C31H39N3O4S. The number of hydrogen-bond acceptors (Lipinski definition) is 5. The van der Waals surface area contributed by atoms with Crippen LogP contribution in [-0.2, 0) is 27.3 Å². The van der Waals surface area contributed by atoms with Crippen LogP contribution in [0.2, 0.25) is 0 Å². The summed E-state index contributed by atoms with van der Waals surface area (Å²) < 4.78 is -1.12. The molecule has 0 saturated carbocycles. The SMILES string of the molecule is CCCCNC(=O)C1N([C@@H](CO)Cc2ccccc2)C(=O)[C@@H]2[C@H](C(=O)NCc3ccccc3)[C@]3(C)CCC12S3. The van der Waals surface area contributed by atoms with Crippen LogP contribution >= 0.6 is 11.8 Å². The van der Waals surface area contributed by atoms with Crippen molar-refractivity contribution in [1.82, 2.24) is 15.5 Å². The molecule has 3 saturated heterocycles. The molecule has 1 spiro atoms. The molecule has 3 fully saturated rings.